The topological polar surface area (TPSA) is 67.6 Å². The minimum atomic E-state index is 0. The number of carbonyl (C=O) groups is 1. The van der Waals surface area contributed by atoms with Crippen LogP contribution in [0.5, 0.6) is 0 Å². The van der Waals surface area contributed by atoms with Crippen LogP contribution in [0.3, 0.4) is 0 Å². The molecule has 5 nitrogen and oxygen atoms in total. The lowest BCUT2D eigenvalue weighted by Gasteiger charge is -2.30. The van der Waals surface area contributed by atoms with Gasteiger partial charge in [-0.1, -0.05) is 24.6 Å². The normalized spacial score (nSPS) is 22.7. The van der Waals surface area contributed by atoms with Gasteiger partial charge in [0.2, 0.25) is 5.91 Å². The number of benzene rings is 1. The highest BCUT2D eigenvalue weighted by Crippen LogP contribution is 2.31. The molecule has 0 aromatic heterocycles. The van der Waals surface area contributed by atoms with Gasteiger partial charge in [0.15, 0.2) is 0 Å². The van der Waals surface area contributed by atoms with Gasteiger partial charge in [-0.25, -0.2) is 0 Å². The Hall–Kier alpha value is -1.01. The van der Waals surface area contributed by atoms with Gasteiger partial charge in [-0.15, -0.1) is 24.8 Å². The van der Waals surface area contributed by atoms with E-state index in [2.05, 4.69) is 28.4 Å². The van der Waals surface area contributed by atoms with Crippen LogP contribution >= 0.6 is 24.8 Å². The first-order chi connectivity index (χ1) is 11.3. The van der Waals surface area contributed by atoms with E-state index in [1.807, 2.05) is 6.07 Å². The van der Waals surface area contributed by atoms with Crippen LogP contribution in [-0.4, -0.2) is 38.8 Å². The standard InChI is InChI=1S/C18H27N3O2.2ClH/c19-12-14-5-3-6-16(14)18(22)20-13-15-4-1-2-7-17(15)21-8-10-23-11-9-21;;/h1-2,4,7,14,16H,3,5-6,8-13,19H2,(H,20,22);2*1H/t14-,16-;;/m1../s1. The molecule has 0 unspecified atom stereocenters. The van der Waals surface area contributed by atoms with Crippen molar-refractivity contribution in [1.29, 1.82) is 0 Å². The predicted octanol–water partition coefficient (Wildman–Crippen LogP) is 2.36. The number of nitrogens with one attached hydrogen (secondary N) is 1. The molecule has 1 aliphatic heterocycles. The molecule has 0 spiro atoms. The van der Waals surface area contributed by atoms with E-state index >= 15 is 0 Å². The smallest absolute Gasteiger partial charge is 0.223 e. The zero-order valence-corrected chi connectivity index (χ0v) is 16.1. The van der Waals surface area contributed by atoms with Crippen LogP contribution in [-0.2, 0) is 16.1 Å². The number of para-hydroxylation sites is 1. The summed E-state index contributed by atoms with van der Waals surface area (Å²) in [6.45, 7) is 4.54. The lowest BCUT2D eigenvalue weighted by Crippen LogP contribution is -2.38. The number of ether oxygens (including phenoxy) is 1. The van der Waals surface area contributed by atoms with E-state index in [0.717, 1.165) is 45.6 Å². The molecule has 1 aromatic rings. The summed E-state index contributed by atoms with van der Waals surface area (Å²) in [6, 6.07) is 8.31. The number of nitrogens with two attached hydrogens (primary N) is 1. The molecule has 1 aromatic carbocycles. The number of anilines is 1. The van der Waals surface area contributed by atoms with Crippen LogP contribution in [0.1, 0.15) is 24.8 Å². The first-order valence-electron chi connectivity index (χ1n) is 8.68. The minimum Gasteiger partial charge on any atom is -0.378 e. The number of hydrogen-bond donors (Lipinski definition) is 2. The monoisotopic (exact) mass is 389 g/mol. The number of morpholine rings is 1. The molecular weight excluding hydrogens is 361 g/mol. The molecule has 0 radical (unpaired) electrons. The largest absolute Gasteiger partial charge is 0.378 e. The third-order valence-corrected chi connectivity index (χ3v) is 5.10. The Kier molecular flexibility index (Phi) is 9.57. The summed E-state index contributed by atoms with van der Waals surface area (Å²) < 4.78 is 5.43. The molecule has 3 N–H and O–H groups in total. The fourth-order valence-electron chi connectivity index (χ4n) is 3.75. The SMILES string of the molecule is Cl.Cl.NC[C@H]1CCC[C@H]1C(=O)NCc1ccccc1N1CCOCC1. The van der Waals surface area contributed by atoms with E-state index in [1.165, 1.54) is 11.3 Å². The van der Waals surface area contributed by atoms with Crippen molar-refractivity contribution in [1.82, 2.24) is 5.32 Å². The lowest BCUT2D eigenvalue weighted by atomic mass is 9.95. The van der Waals surface area contributed by atoms with Crippen molar-refractivity contribution >= 4 is 36.4 Å². The van der Waals surface area contributed by atoms with Gasteiger partial charge in [0.1, 0.15) is 0 Å². The molecule has 0 bridgehead atoms. The summed E-state index contributed by atoms with van der Waals surface area (Å²) >= 11 is 0. The first-order valence-corrected chi connectivity index (χ1v) is 8.68. The first kappa shape index (κ1) is 22.0. The molecule has 1 heterocycles. The second-order valence-electron chi connectivity index (χ2n) is 6.48. The van der Waals surface area contributed by atoms with E-state index < -0.39 is 0 Å². The number of rotatable bonds is 5. The Morgan fingerprint density at radius 1 is 1.20 bits per heavy atom. The molecule has 2 aliphatic rings. The van der Waals surface area contributed by atoms with Gasteiger partial charge in [-0.2, -0.15) is 0 Å². The summed E-state index contributed by atoms with van der Waals surface area (Å²) in [5.74, 6) is 0.606. The summed E-state index contributed by atoms with van der Waals surface area (Å²) in [4.78, 5) is 14.8. The van der Waals surface area contributed by atoms with Crippen LogP contribution in [0.4, 0.5) is 5.69 Å². The second-order valence-corrected chi connectivity index (χ2v) is 6.48. The molecule has 1 amide bonds. The molecule has 7 heteroatoms. The van der Waals surface area contributed by atoms with Crippen molar-refractivity contribution in [3.8, 4) is 0 Å². The average Bonchev–Trinajstić information content (AvgIpc) is 3.09. The molecule has 142 valence electrons. The third-order valence-electron chi connectivity index (χ3n) is 5.10. The maximum atomic E-state index is 12.5. The molecule has 2 fully saturated rings. The second kappa shape index (κ2) is 10.9. The third kappa shape index (κ3) is 5.48. The number of halogens is 2. The van der Waals surface area contributed by atoms with E-state index in [4.69, 9.17) is 10.5 Å². The van der Waals surface area contributed by atoms with E-state index in [1.54, 1.807) is 0 Å². The van der Waals surface area contributed by atoms with Crippen molar-refractivity contribution in [3.05, 3.63) is 29.8 Å². The zero-order valence-electron chi connectivity index (χ0n) is 14.5. The van der Waals surface area contributed by atoms with Crippen LogP contribution in [0.2, 0.25) is 0 Å². The Bertz CT molecular complexity index is 539. The number of hydrogen-bond acceptors (Lipinski definition) is 4. The van der Waals surface area contributed by atoms with Gasteiger partial charge in [-0.05, 0) is 36.9 Å². The summed E-state index contributed by atoms with van der Waals surface area (Å²) in [5, 5.41) is 3.13. The molecule has 3 rings (SSSR count). The summed E-state index contributed by atoms with van der Waals surface area (Å²) in [5.41, 5.74) is 8.17. The molecular formula is C18H29Cl2N3O2. The number of amides is 1. The Labute approximate surface area is 162 Å². The average molecular weight is 390 g/mol. The van der Waals surface area contributed by atoms with Crippen molar-refractivity contribution in [3.63, 3.8) is 0 Å². The predicted molar refractivity (Wildman–Crippen MR) is 106 cm³/mol. The van der Waals surface area contributed by atoms with Crippen LogP contribution in [0.15, 0.2) is 24.3 Å². The zero-order chi connectivity index (χ0) is 16.1. The highest BCUT2D eigenvalue weighted by atomic mass is 35.5. The molecule has 2 atom stereocenters. The minimum absolute atomic E-state index is 0. The quantitative estimate of drug-likeness (QED) is 0.810. The molecule has 1 saturated heterocycles. The van der Waals surface area contributed by atoms with Crippen molar-refractivity contribution in [2.45, 2.75) is 25.8 Å². The molecule has 1 aliphatic carbocycles. The van der Waals surface area contributed by atoms with E-state index in [0.29, 0.717) is 19.0 Å². The van der Waals surface area contributed by atoms with Crippen LogP contribution in [0, 0.1) is 11.8 Å². The van der Waals surface area contributed by atoms with Crippen LogP contribution < -0.4 is 16.0 Å². The van der Waals surface area contributed by atoms with Crippen LogP contribution in [0.25, 0.3) is 0 Å². The van der Waals surface area contributed by atoms with Gasteiger partial charge in [0, 0.05) is 31.2 Å². The van der Waals surface area contributed by atoms with Gasteiger partial charge in [-0.3, -0.25) is 4.79 Å². The van der Waals surface area contributed by atoms with Crippen molar-refractivity contribution < 1.29 is 9.53 Å². The fourth-order valence-corrected chi connectivity index (χ4v) is 3.75. The van der Waals surface area contributed by atoms with Gasteiger partial charge in [0.25, 0.3) is 0 Å². The van der Waals surface area contributed by atoms with Crippen molar-refractivity contribution in [2.24, 2.45) is 17.6 Å². The molecule has 25 heavy (non-hydrogen) atoms. The number of nitrogens with zero attached hydrogens (tertiary/aromatic N) is 1. The Morgan fingerprint density at radius 2 is 1.92 bits per heavy atom. The van der Waals surface area contributed by atoms with Gasteiger partial charge < -0.3 is 20.7 Å². The van der Waals surface area contributed by atoms with E-state index in [-0.39, 0.29) is 36.6 Å². The fraction of sp³-hybridized carbons (Fsp3) is 0.611. The Morgan fingerprint density at radius 3 is 2.64 bits per heavy atom. The molecule has 1 saturated carbocycles. The highest BCUT2D eigenvalue weighted by Gasteiger charge is 2.31. The van der Waals surface area contributed by atoms with Gasteiger partial charge >= 0.3 is 0 Å². The van der Waals surface area contributed by atoms with E-state index in [9.17, 15) is 4.79 Å². The Balaban J connectivity index is 0.00000156. The lowest BCUT2D eigenvalue weighted by molar-refractivity contribution is -0.126. The maximum absolute atomic E-state index is 12.5. The highest BCUT2D eigenvalue weighted by molar-refractivity contribution is 5.85. The van der Waals surface area contributed by atoms with Gasteiger partial charge in [0.05, 0.1) is 13.2 Å². The summed E-state index contributed by atoms with van der Waals surface area (Å²) in [7, 11) is 0. The summed E-state index contributed by atoms with van der Waals surface area (Å²) in [6.07, 6.45) is 3.17. The van der Waals surface area contributed by atoms with Crippen molar-refractivity contribution in [2.75, 3.05) is 37.7 Å². The number of carbonyl (C=O) groups excluding carboxylic acids is 1. The maximum Gasteiger partial charge on any atom is 0.223 e.